The van der Waals surface area contributed by atoms with Gasteiger partial charge in [-0.05, 0) is 55.3 Å². The molecule has 30 heavy (non-hydrogen) atoms. The van der Waals surface area contributed by atoms with E-state index in [9.17, 15) is 14.4 Å². The first-order chi connectivity index (χ1) is 14.4. The van der Waals surface area contributed by atoms with Gasteiger partial charge in [-0.15, -0.1) is 0 Å². The van der Waals surface area contributed by atoms with Crippen molar-refractivity contribution in [2.24, 2.45) is 5.92 Å². The summed E-state index contributed by atoms with van der Waals surface area (Å²) in [5.41, 5.74) is 5.36. The average Bonchev–Trinajstić information content (AvgIpc) is 2.75. The monoisotopic (exact) mass is 414 g/mol. The Balaban J connectivity index is 1.78. The van der Waals surface area contributed by atoms with Crippen LogP contribution in [0, 0.1) is 5.92 Å². The molecule has 0 aliphatic heterocycles. The normalized spacial score (nSPS) is 10.3. The summed E-state index contributed by atoms with van der Waals surface area (Å²) in [7, 11) is 0. The molecule has 2 aromatic carbocycles. The number of rotatable bonds is 9. The van der Waals surface area contributed by atoms with Gasteiger partial charge in [0, 0.05) is 5.56 Å². The Bertz CT molecular complexity index is 864. The zero-order chi connectivity index (χ0) is 21.9. The lowest BCUT2D eigenvalue weighted by Crippen LogP contribution is -2.43. The molecule has 0 bridgehead atoms. The highest BCUT2D eigenvalue weighted by Gasteiger charge is 2.10. The zero-order valence-electron chi connectivity index (χ0n) is 17.3. The Morgan fingerprint density at radius 2 is 1.63 bits per heavy atom. The third kappa shape index (κ3) is 7.46. The fraction of sp³-hybridized carbons (Fsp3) is 0.318. The van der Waals surface area contributed by atoms with Gasteiger partial charge in [0.25, 0.3) is 11.8 Å². The first-order valence-corrected chi connectivity index (χ1v) is 9.61. The number of nitrogens with one attached hydrogen (secondary N) is 2. The SMILES string of the molecule is CCOC(=O)c1ccc(OCC(=O)NNC(=O)c2cccc(OCC(C)C)c2)cc1. The molecular formula is C22H26N2O6. The van der Waals surface area contributed by atoms with E-state index in [4.69, 9.17) is 14.2 Å². The molecule has 0 unspecified atom stereocenters. The third-order valence-electron chi connectivity index (χ3n) is 3.73. The van der Waals surface area contributed by atoms with Gasteiger partial charge in [-0.1, -0.05) is 19.9 Å². The molecule has 0 saturated heterocycles. The summed E-state index contributed by atoms with van der Waals surface area (Å²) in [5.74, 6) is -0.0923. The molecule has 2 N–H and O–H groups in total. The van der Waals surface area contributed by atoms with Gasteiger partial charge < -0.3 is 14.2 Å². The molecule has 0 aliphatic carbocycles. The molecule has 0 fully saturated rings. The van der Waals surface area contributed by atoms with E-state index in [2.05, 4.69) is 10.9 Å². The molecule has 0 aliphatic rings. The van der Waals surface area contributed by atoms with Crippen LogP contribution >= 0.6 is 0 Å². The van der Waals surface area contributed by atoms with E-state index in [1.54, 1.807) is 55.5 Å². The van der Waals surface area contributed by atoms with Crippen molar-refractivity contribution in [2.45, 2.75) is 20.8 Å². The van der Waals surface area contributed by atoms with Gasteiger partial charge in [-0.2, -0.15) is 0 Å². The standard InChI is InChI=1S/C22H26N2O6/c1-4-28-22(27)16-8-10-18(11-9-16)30-14-20(25)23-24-21(26)17-6-5-7-19(12-17)29-13-15(2)3/h5-12,15H,4,13-14H2,1-3H3,(H,23,25)(H,24,26). The average molecular weight is 414 g/mol. The number of hydrogen-bond donors (Lipinski definition) is 2. The minimum Gasteiger partial charge on any atom is -0.493 e. The topological polar surface area (TPSA) is 103 Å². The highest BCUT2D eigenvalue weighted by Crippen LogP contribution is 2.14. The minimum absolute atomic E-state index is 0.290. The first-order valence-electron chi connectivity index (χ1n) is 9.61. The lowest BCUT2D eigenvalue weighted by molar-refractivity contribution is -0.123. The summed E-state index contributed by atoms with van der Waals surface area (Å²) < 4.78 is 15.8. The molecule has 0 saturated carbocycles. The van der Waals surface area contributed by atoms with Gasteiger partial charge in [0.15, 0.2) is 6.61 Å². The van der Waals surface area contributed by atoms with E-state index in [1.807, 2.05) is 13.8 Å². The quantitative estimate of drug-likeness (QED) is 0.483. The third-order valence-corrected chi connectivity index (χ3v) is 3.73. The summed E-state index contributed by atoms with van der Waals surface area (Å²) in [4.78, 5) is 35.7. The van der Waals surface area contributed by atoms with Crippen molar-refractivity contribution in [3.8, 4) is 11.5 Å². The van der Waals surface area contributed by atoms with Crippen LogP contribution in [0.5, 0.6) is 11.5 Å². The molecule has 8 nitrogen and oxygen atoms in total. The van der Waals surface area contributed by atoms with Crippen molar-refractivity contribution < 1.29 is 28.6 Å². The molecular weight excluding hydrogens is 388 g/mol. The molecule has 0 aromatic heterocycles. The van der Waals surface area contributed by atoms with Crippen LogP contribution in [0.15, 0.2) is 48.5 Å². The first kappa shape index (κ1) is 22.7. The molecule has 160 valence electrons. The van der Waals surface area contributed by atoms with Gasteiger partial charge in [-0.3, -0.25) is 20.4 Å². The second-order valence-corrected chi connectivity index (χ2v) is 6.77. The number of carbonyl (C=O) groups is 3. The van der Waals surface area contributed by atoms with Crippen molar-refractivity contribution in [1.29, 1.82) is 0 Å². The van der Waals surface area contributed by atoms with Crippen LogP contribution in [0.1, 0.15) is 41.5 Å². The van der Waals surface area contributed by atoms with E-state index >= 15 is 0 Å². The van der Waals surface area contributed by atoms with E-state index in [1.165, 1.54) is 0 Å². The summed E-state index contributed by atoms with van der Waals surface area (Å²) in [6.45, 7) is 6.31. The summed E-state index contributed by atoms with van der Waals surface area (Å²) in [6.07, 6.45) is 0. The molecule has 2 rings (SSSR count). The summed E-state index contributed by atoms with van der Waals surface area (Å²) in [6, 6.07) is 12.9. The predicted molar refractivity (Wildman–Crippen MR) is 110 cm³/mol. The van der Waals surface area contributed by atoms with Gasteiger partial charge >= 0.3 is 5.97 Å². The maximum atomic E-state index is 12.2. The van der Waals surface area contributed by atoms with Crippen molar-refractivity contribution >= 4 is 17.8 Å². The molecule has 0 heterocycles. The van der Waals surface area contributed by atoms with Gasteiger partial charge in [0.05, 0.1) is 18.8 Å². The largest absolute Gasteiger partial charge is 0.493 e. The number of ether oxygens (including phenoxy) is 3. The molecule has 0 radical (unpaired) electrons. The molecule has 0 atom stereocenters. The Kier molecular flexibility index (Phi) is 8.68. The highest BCUT2D eigenvalue weighted by atomic mass is 16.5. The van der Waals surface area contributed by atoms with E-state index in [-0.39, 0.29) is 13.2 Å². The lowest BCUT2D eigenvalue weighted by Gasteiger charge is -2.11. The van der Waals surface area contributed by atoms with Crippen molar-refractivity contribution in [3.63, 3.8) is 0 Å². The van der Waals surface area contributed by atoms with E-state index in [0.29, 0.717) is 35.2 Å². The van der Waals surface area contributed by atoms with Crippen LogP contribution in [0.25, 0.3) is 0 Å². The van der Waals surface area contributed by atoms with Crippen LogP contribution in [0.3, 0.4) is 0 Å². The summed E-state index contributed by atoms with van der Waals surface area (Å²) in [5, 5.41) is 0. The van der Waals surface area contributed by atoms with Crippen LogP contribution in [0.2, 0.25) is 0 Å². The Morgan fingerprint density at radius 1 is 0.900 bits per heavy atom. The van der Waals surface area contributed by atoms with Crippen LogP contribution in [-0.2, 0) is 9.53 Å². The van der Waals surface area contributed by atoms with Crippen molar-refractivity contribution in [1.82, 2.24) is 10.9 Å². The number of amides is 2. The Hall–Kier alpha value is -3.55. The molecule has 2 aromatic rings. The van der Waals surface area contributed by atoms with E-state index in [0.717, 1.165) is 0 Å². The van der Waals surface area contributed by atoms with Crippen molar-refractivity contribution in [2.75, 3.05) is 19.8 Å². The van der Waals surface area contributed by atoms with Crippen LogP contribution < -0.4 is 20.3 Å². The molecule has 8 heteroatoms. The predicted octanol–water partition coefficient (Wildman–Crippen LogP) is 2.74. The fourth-order valence-electron chi connectivity index (χ4n) is 2.28. The minimum atomic E-state index is -0.537. The lowest BCUT2D eigenvalue weighted by atomic mass is 10.2. The van der Waals surface area contributed by atoms with Gasteiger partial charge in [-0.25, -0.2) is 4.79 Å². The number of carbonyl (C=O) groups excluding carboxylic acids is 3. The zero-order valence-corrected chi connectivity index (χ0v) is 17.3. The van der Waals surface area contributed by atoms with Crippen LogP contribution in [-0.4, -0.2) is 37.6 Å². The second kappa shape index (κ2) is 11.5. The Labute approximate surface area is 175 Å². The van der Waals surface area contributed by atoms with Gasteiger partial charge in [0.1, 0.15) is 11.5 Å². The van der Waals surface area contributed by atoms with Gasteiger partial charge in [0.2, 0.25) is 0 Å². The van der Waals surface area contributed by atoms with E-state index < -0.39 is 17.8 Å². The number of hydrazine groups is 1. The number of hydrogen-bond acceptors (Lipinski definition) is 6. The number of benzene rings is 2. The maximum Gasteiger partial charge on any atom is 0.338 e. The smallest absolute Gasteiger partial charge is 0.338 e. The fourth-order valence-corrected chi connectivity index (χ4v) is 2.28. The van der Waals surface area contributed by atoms with Crippen molar-refractivity contribution in [3.05, 3.63) is 59.7 Å². The second-order valence-electron chi connectivity index (χ2n) is 6.77. The molecule has 0 spiro atoms. The molecule has 2 amide bonds. The maximum absolute atomic E-state index is 12.2. The highest BCUT2D eigenvalue weighted by molar-refractivity contribution is 5.95. The number of esters is 1. The van der Waals surface area contributed by atoms with Crippen LogP contribution in [0.4, 0.5) is 0 Å². The summed E-state index contributed by atoms with van der Waals surface area (Å²) >= 11 is 0. The Morgan fingerprint density at radius 3 is 2.30 bits per heavy atom.